The monoisotopic (exact) mass is 228 g/mol. The molecular weight excluding hydrogens is 216 g/mol. The first-order valence-electron chi connectivity index (χ1n) is 4.10. The number of hydrogen-bond acceptors (Lipinski definition) is 2. The average Bonchev–Trinajstić information content (AvgIpc) is 2.05. The summed E-state index contributed by atoms with van der Waals surface area (Å²) in [7, 11) is 0. The quantitative estimate of drug-likeness (QED) is 0.865. The Kier molecular flexibility index (Phi) is 3.69. The summed E-state index contributed by atoms with van der Waals surface area (Å²) in [4.78, 5) is 3.99. The highest BCUT2D eigenvalue weighted by atomic mass is 79.9. The van der Waals surface area contributed by atoms with Crippen molar-refractivity contribution in [2.75, 3.05) is 0 Å². The van der Waals surface area contributed by atoms with E-state index in [1.165, 1.54) is 0 Å². The minimum atomic E-state index is 0.132. The first-order chi connectivity index (χ1) is 5.75. The van der Waals surface area contributed by atoms with Crippen molar-refractivity contribution in [2.45, 2.75) is 25.8 Å². The third kappa shape index (κ3) is 2.29. The van der Waals surface area contributed by atoms with E-state index in [4.69, 9.17) is 5.73 Å². The van der Waals surface area contributed by atoms with E-state index in [2.05, 4.69) is 27.8 Å². The molecule has 2 nitrogen and oxygen atoms in total. The molecule has 0 saturated carbocycles. The molecule has 0 aromatic carbocycles. The Balaban J connectivity index is 2.79. The standard InChI is InChI=1S/C9H13BrN2/c1-2-3-9(11)7-4-5-12-6-8(7)10/h4-6,9H,2-3,11H2,1H3. The summed E-state index contributed by atoms with van der Waals surface area (Å²) >= 11 is 3.42. The summed E-state index contributed by atoms with van der Waals surface area (Å²) in [6, 6.07) is 2.09. The van der Waals surface area contributed by atoms with Gasteiger partial charge >= 0.3 is 0 Å². The van der Waals surface area contributed by atoms with Crippen LogP contribution in [0.15, 0.2) is 22.9 Å². The predicted molar refractivity (Wildman–Crippen MR) is 53.8 cm³/mol. The Morgan fingerprint density at radius 3 is 3.00 bits per heavy atom. The van der Waals surface area contributed by atoms with Crippen molar-refractivity contribution in [1.29, 1.82) is 0 Å². The van der Waals surface area contributed by atoms with Crippen molar-refractivity contribution >= 4 is 15.9 Å². The van der Waals surface area contributed by atoms with Gasteiger partial charge in [0.25, 0.3) is 0 Å². The minimum Gasteiger partial charge on any atom is -0.324 e. The largest absolute Gasteiger partial charge is 0.324 e. The van der Waals surface area contributed by atoms with Gasteiger partial charge in [0.1, 0.15) is 0 Å². The maximum atomic E-state index is 5.95. The van der Waals surface area contributed by atoms with E-state index in [-0.39, 0.29) is 6.04 Å². The van der Waals surface area contributed by atoms with Gasteiger partial charge in [-0.05, 0) is 34.0 Å². The summed E-state index contributed by atoms with van der Waals surface area (Å²) in [5.74, 6) is 0. The van der Waals surface area contributed by atoms with Crippen LogP contribution in [-0.2, 0) is 0 Å². The fourth-order valence-corrected chi connectivity index (χ4v) is 1.70. The van der Waals surface area contributed by atoms with Gasteiger partial charge in [0.05, 0.1) is 0 Å². The summed E-state index contributed by atoms with van der Waals surface area (Å²) < 4.78 is 1.01. The number of hydrogen-bond donors (Lipinski definition) is 1. The first-order valence-corrected chi connectivity index (χ1v) is 4.90. The summed E-state index contributed by atoms with van der Waals surface area (Å²) in [6.07, 6.45) is 5.68. The summed E-state index contributed by atoms with van der Waals surface area (Å²) in [6.45, 7) is 2.13. The molecule has 1 atom stereocenters. The van der Waals surface area contributed by atoms with Gasteiger partial charge in [-0.25, -0.2) is 0 Å². The molecule has 0 saturated heterocycles. The predicted octanol–water partition coefficient (Wildman–Crippen LogP) is 2.64. The molecule has 1 rings (SSSR count). The van der Waals surface area contributed by atoms with E-state index in [0.29, 0.717) is 0 Å². The van der Waals surface area contributed by atoms with Gasteiger partial charge in [-0.3, -0.25) is 4.98 Å². The zero-order chi connectivity index (χ0) is 8.97. The third-order valence-corrected chi connectivity index (χ3v) is 2.47. The second-order valence-corrected chi connectivity index (χ2v) is 3.65. The fraction of sp³-hybridized carbons (Fsp3) is 0.444. The number of halogens is 1. The molecule has 1 unspecified atom stereocenters. The van der Waals surface area contributed by atoms with Crippen molar-refractivity contribution in [3.63, 3.8) is 0 Å². The molecule has 12 heavy (non-hydrogen) atoms. The van der Waals surface area contributed by atoms with Crippen LogP contribution in [0.1, 0.15) is 31.4 Å². The molecule has 0 fully saturated rings. The number of nitrogens with zero attached hydrogens (tertiary/aromatic N) is 1. The number of rotatable bonds is 3. The lowest BCUT2D eigenvalue weighted by Gasteiger charge is -2.11. The van der Waals surface area contributed by atoms with Gasteiger partial charge in [0.2, 0.25) is 0 Å². The molecule has 3 heteroatoms. The second-order valence-electron chi connectivity index (χ2n) is 2.79. The molecule has 2 N–H and O–H groups in total. The fourth-order valence-electron chi connectivity index (χ4n) is 1.15. The van der Waals surface area contributed by atoms with Crippen LogP contribution in [0.25, 0.3) is 0 Å². The highest BCUT2D eigenvalue weighted by Crippen LogP contribution is 2.23. The molecule has 66 valence electrons. The maximum Gasteiger partial charge on any atom is 0.0413 e. The Labute approximate surface area is 81.3 Å². The van der Waals surface area contributed by atoms with Crippen molar-refractivity contribution in [1.82, 2.24) is 4.98 Å². The van der Waals surface area contributed by atoms with Crippen LogP contribution in [0, 0.1) is 0 Å². The minimum absolute atomic E-state index is 0.132. The zero-order valence-corrected chi connectivity index (χ0v) is 8.71. The van der Waals surface area contributed by atoms with Crippen molar-refractivity contribution in [2.24, 2.45) is 5.73 Å². The lowest BCUT2D eigenvalue weighted by atomic mass is 10.1. The van der Waals surface area contributed by atoms with Crippen molar-refractivity contribution in [3.05, 3.63) is 28.5 Å². The molecule has 0 aliphatic rings. The van der Waals surface area contributed by atoms with Crippen molar-refractivity contribution < 1.29 is 0 Å². The molecule has 0 amide bonds. The third-order valence-electron chi connectivity index (χ3n) is 1.80. The zero-order valence-electron chi connectivity index (χ0n) is 7.13. The van der Waals surface area contributed by atoms with Crippen LogP contribution in [0.3, 0.4) is 0 Å². The Morgan fingerprint density at radius 1 is 1.67 bits per heavy atom. The Bertz CT molecular complexity index is 250. The van der Waals surface area contributed by atoms with Gasteiger partial charge in [-0.2, -0.15) is 0 Å². The smallest absolute Gasteiger partial charge is 0.0413 e. The second kappa shape index (κ2) is 4.58. The molecule has 0 radical (unpaired) electrons. The number of pyridine rings is 1. The molecular formula is C9H13BrN2. The molecule has 1 aromatic heterocycles. The van der Waals surface area contributed by atoms with Crippen LogP contribution >= 0.6 is 15.9 Å². The van der Waals surface area contributed by atoms with Gasteiger partial charge in [0.15, 0.2) is 0 Å². The Hall–Kier alpha value is -0.410. The van der Waals surface area contributed by atoms with Gasteiger partial charge in [0, 0.05) is 22.9 Å². The van der Waals surface area contributed by atoms with Crippen molar-refractivity contribution in [3.8, 4) is 0 Å². The molecule has 1 aromatic rings. The van der Waals surface area contributed by atoms with E-state index < -0.39 is 0 Å². The maximum absolute atomic E-state index is 5.95. The summed E-state index contributed by atoms with van der Waals surface area (Å²) in [5.41, 5.74) is 7.09. The molecule has 0 bridgehead atoms. The van der Waals surface area contributed by atoms with Gasteiger partial charge in [-0.15, -0.1) is 0 Å². The van der Waals surface area contributed by atoms with E-state index >= 15 is 0 Å². The van der Waals surface area contributed by atoms with Crippen LogP contribution in [0.4, 0.5) is 0 Å². The topological polar surface area (TPSA) is 38.9 Å². The van der Waals surface area contributed by atoms with E-state index in [1.54, 1.807) is 12.4 Å². The van der Waals surface area contributed by atoms with Gasteiger partial charge in [-0.1, -0.05) is 13.3 Å². The highest BCUT2D eigenvalue weighted by Gasteiger charge is 2.07. The lowest BCUT2D eigenvalue weighted by molar-refractivity contribution is 0.635. The summed E-state index contributed by atoms with van der Waals surface area (Å²) in [5, 5.41) is 0. The molecule has 0 aliphatic heterocycles. The molecule has 0 aliphatic carbocycles. The SMILES string of the molecule is CCCC(N)c1ccncc1Br. The highest BCUT2D eigenvalue weighted by molar-refractivity contribution is 9.10. The normalized spacial score (nSPS) is 12.9. The van der Waals surface area contributed by atoms with E-state index in [0.717, 1.165) is 22.9 Å². The number of nitrogens with two attached hydrogens (primary N) is 1. The molecule has 1 heterocycles. The lowest BCUT2D eigenvalue weighted by Crippen LogP contribution is -2.10. The van der Waals surface area contributed by atoms with Crippen LogP contribution < -0.4 is 5.73 Å². The Morgan fingerprint density at radius 2 is 2.42 bits per heavy atom. The van der Waals surface area contributed by atoms with E-state index in [9.17, 15) is 0 Å². The number of aromatic nitrogens is 1. The van der Waals surface area contributed by atoms with Crippen LogP contribution in [-0.4, -0.2) is 4.98 Å². The first kappa shape index (κ1) is 9.68. The van der Waals surface area contributed by atoms with Crippen LogP contribution in [0.5, 0.6) is 0 Å². The van der Waals surface area contributed by atoms with Crippen LogP contribution in [0.2, 0.25) is 0 Å². The van der Waals surface area contributed by atoms with E-state index in [1.807, 2.05) is 6.07 Å². The van der Waals surface area contributed by atoms with Gasteiger partial charge < -0.3 is 5.73 Å². The average molecular weight is 229 g/mol. The molecule has 0 spiro atoms.